The Bertz CT molecular complexity index is 737. The van der Waals surface area contributed by atoms with Gasteiger partial charge in [0.05, 0.1) is 19.1 Å². The average molecular weight is 400 g/mol. The zero-order valence-electron chi connectivity index (χ0n) is 16.2. The molecule has 1 fully saturated rings. The van der Waals surface area contributed by atoms with E-state index in [1.165, 1.54) is 32.4 Å². The van der Waals surface area contributed by atoms with Crippen molar-refractivity contribution in [3.05, 3.63) is 18.2 Å². The maximum atomic E-state index is 12.5. The first-order valence-electron chi connectivity index (χ1n) is 9.05. The summed E-state index contributed by atoms with van der Waals surface area (Å²) >= 11 is 0. The number of methoxy groups -OCH3 is 2. The van der Waals surface area contributed by atoms with Crippen molar-refractivity contribution in [1.29, 1.82) is 0 Å². The van der Waals surface area contributed by atoms with Crippen LogP contribution in [0.25, 0.3) is 0 Å². The number of carbonyl (C=O) groups is 1. The summed E-state index contributed by atoms with van der Waals surface area (Å²) in [5.41, 5.74) is 0. The summed E-state index contributed by atoms with van der Waals surface area (Å²) in [5, 5.41) is 3.15. The number of hydrogen-bond acceptors (Lipinski definition) is 6. The molecule has 1 aliphatic rings. The van der Waals surface area contributed by atoms with E-state index in [0.29, 0.717) is 17.4 Å². The maximum Gasteiger partial charge on any atom is 0.240 e. The number of benzene rings is 1. The van der Waals surface area contributed by atoms with Gasteiger partial charge < -0.3 is 19.7 Å². The Kier molecular flexibility index (Phi) is 7.88. The van der Waals surface area contributed by atoms with Crippen LogP contribution in [0.3, 0.4) is 0 Å². The van der Waals surface area contributed by atoms with Crippen LogP contribution in [0.15, 0.2) is 23.1 Å². The Hall–Kier alpha value is -1.84. The van der Waals surface area contributed by atoms with Crippen LogP contribution in [0, 0.1) is 5.92 Å². The minimum absolute atomic E-state index is 0.0224. The normalized spacial score (nSPS) is 17.6. The average Bonchev–Trinajstić information content (AvgIpc) is 2.67. The molecule has 1 aromatic carbocycles. The van der Waals surface area contributed by atoms with Gasteiger partial charge in [-0.1, -0.05) is 0 Å². The Labute approximate surface area is 161 Å². The SMILES string of the molecule is CNCC1CCCN(C(=O)CCNS(=O)(=O)c2ccc(OC)c(OC)c2)C1. The fourth-order valence-electron chi connectivity index (χ4n) is 3.26. The van der Waals surface area contributed by atoms with Gasteiger partial charge in [0.1, 0.15) is 0 Å². The number of nitrogens with zero attached hydrogens (tertiary/aromatic N) is 1. The molecule has 0 bridgehead atoms. The van der Waals surface area contributed by atoms with Gasteiger partial charge in [-0.15, -0.1) is 0 Å². The Morgan fingerprint density at radius 3 is 2.67 bits per heavy atom. The van der Waals surface area contributed by atoms with Crippen molar-refractivity contribution in [3.63, 3.8) is 0 Å². The lowest BCUT2D eigenvalue weighted by Gasteiger charge is -2.32. The zero-order valence-corrected chi connectivity index (χ0v) is 17.0. The Morgan fingerprint density at radius 1 is 1.26 bits per heavy atom. The molecular weight excluding hydrogens is 370 g/mol. The van der Waals surface area contributed by atoms with E-state index in [1.807, 2.05) is 11.9 Å². The molecule has 2 rings (SSSR count). The van der Waals surface area contributed by atoms with Gasteiger partial charge in [-0.3, -0.25) is 4.79 Å². The van der Waals surface area contributed by atoms with E-state index < -0.39 is 10.0 Å². The lowest BCUT2D eigenvalue weighted by molar-refractivity contribution is -0.132. The maximum absolute atomic E-state index is 12.5. The van der Waals surface area contributed by atoms with E-state index in [0.717, 1.165) is 32.5 Å². The number of likely N-dealkylation sites (tertiary alicyclic amines) is 1. The Morgan fingerprint density at radius 2 is 2.00 bits per heavy atom. The lowest BCUT2D eigenvalue weighted by atomic mass is 9.98. The van der Waals surface area contributed by atoms with Gasteiger partial charge in [-0.2, -0.15) is 0 Å². The summed E-state index contributed by atoms with van der Waals surface area (Å²) < 4.78 is 37.7. The third kappa shape index (κ3) is 5.82. The number of hydrogen-bond donors (Lipinski definition) is 2. The number of ether oxygens (including phenoxy) is 2. The molecule has 0 aromatic heterocycles. The molecule has 9 heteroatoms. The second-order valence-electron chi connectivity index (χ2n) is 6.57. The molecule has 1 aliphatic heterocycles. The highest BCUT2D eigenvalue weighted by molar-refractivity contribution is 7.89. The molecule has 27 heavy (non-hydrogen) atoms. The van der Waals surface area contributed by atoms with Crippen LogP contribution in [-0.4, -0.2) is 66.7 Å². The largest absolute Gasteiger partial charge is 0.493 e. The molecule has 1 heterocycles. The van der Waals surface area contributed by atoms with Crippen LogP contribution >= 0.6 is 0 Å². The van der Waals surface area contributed by atoms with E-state index >= 15 is 0 Å². The minimum atomic E-state index is -3.73. The minimum Gasteiger partial charge on any atom is -0.493 e. The molecule has 152 valence electrons. The van der Waals surface area contributed by atoms with Crippen molar-refractivity contribution in [1.82, 2.24) is 14.9 Å². The summed E-state index contributed by atoms with van der Waals surface area (Å²) in [4.78, 5) is 14.3. The van der Waals surface area contributed by atoms with Crippen molar-refractivity contribution in [3.8, 4) is 11.5 Å². The Balaban J connectivity index is 1.91. The quantitative estimate of drug-likeness (QED) is 0.638. The van der Waals surface area contributed by atoms with Crippen molar-refractivity contribution >= 4 is 15.9 Å². The van der Waals surface area contributed by atoms with Crippen molar-refractivity contribution in [2.45, 2.75) is 24.2 Å². The molecule has 1 atom stereocenters. The fourth-order valence-corrected chi connectivity index (χ4v) is 4.31. The molecular formula is C18H29N3O5S. The van der Waals surface area contributed by atoms with E-state index in [9.17, 15) is 13.2 Å². The van der Waals surface area contributed by atoms with E-state index in [2.05, 4.69) is 10.0 Å². The molecule has 0 radical (unpaired) electrons. The van der Waals surface area contributed by atoms with Gasteiger partial charge in [-0.25, -0.2) is 13.1 Å². The second-order valence-corrected chi connectivity index (χ2v) is 8.34. The second kappa shape index (κ2) is 9.91. The summed E-state index contributed by atoms with van der Waals surface area (Å²) in [6.45, 7) is 2.40. The first kappa shape index (κ1) is 21.5. The molecule has 0 saturated carbocycles. The van der Waals surface area contributed by atoms with Gasteiger partial charge in [0.25, 0.3) is 0 Å². The summed E-state index contributed by atoms with van der Waals surface area (Å²) in [6, 6.07) is 4.38. The molecule has 0 aliphatic carbocycles. The van der Waals surface area contributed by atoms with E-state index in [-0.39, 0.29) is 23.8 Å². The molecule has 0 spiro atoms. The number of nitrogens with one attached hydrogen (secondary N) is 2. The predicted molar refractivity (Wildman–Crippen MR) is 103 cm³/mol. The van der Waals surface area contributed by atoms with Gasteiger partial charge in [0, 0.05) is 32.1 Å². The first-order chi connectivity index (χ1) is 12.9. The number of rotatable bonds is 9. The topological polar surface area (TPSA) is 97.0 Å². The van der Waals surface area contributed by atoms with Crippen LogP contribution in [0.5, 0.6) is 11.5 Å². The molecule has 1 amide bonds. The highest BCUT2D eigenvalue weighted by atomic mass is 32.2. The standard InChI is InChI=1S/C18H29N3O5S/c1-19-12-14-5-4-10-21(13-14)18(22)8-9-20-27(23,24)15-6-7-16(25-2)17(11-15)26-3/h6-7,11,14,19-20H,4-5,8-10,12-13H2,1-3H3. The van der Waals surface area contributed by atoms with Gasteiger partial charge in [0.15, 0.2) is 11.5 Å². The lowest BCUT2D eigenvalue weighted by Crippen LogP contribution is -2.43. The van der Waals surface area contributed by atoms with Crippen LogP contribution in [0.1, 0.15) is 19.3 Å². The summed E-state index contributed by atoms with van der Waals surface area (Å²) in [7, 11) is 1.11. The van der Waals surface area contributed by atoms with Crippen molar-refractivity contribution in [2.75, 3.05) is 47.4 Å². The third-order valence-electron chi connectivity index (χ3n) is 4.66. The van der Waals surface area contributed by atoms with Gasteiger partial charge in [-0.05, 0) is 44.5 Å². The molecule has 1 saturated heterocycles. The highest BCUT2D eigenvalue weighted by Crippen LogP contribution is 2.29. The predicted octanol–water partition coefficient (Wildman–Crippen LogP) is 0.830. The third-order valence-corrected chi connectivity index (χ3v) is 6.12. The number of sulfonamides is 1. The van der Waals surface area contributed by atoms with E-state index in [4.69, 9.17) is 9.47 Å². The fraction of sp³-hybridized carbons (Fsp3) is 0.611. The first-order valence-corrected chi connectivity index (χ1v) is 10.5. The van der Waals surface area contributed by atoms with E-state index in [1.54, 1.807) is 0 Å². The highest BCUT2D eigenvalue weighted by Gasteiger charge is 2.23. The zero-order chi connectivity index (χ0) is 19.9. The van der Waals surface area contributed by atoms with Crippen molar-refractivity contribution < 1.29 is 22.7 Å². The van der Waals surface area contributed by atoms with Gasteiger partial charge in [0.2, 0.25) is 15.9 Å². The molecule has 1 aromatic rings. The molecule has 2 N–H and O–H groups in total. The summed E-state index contributed by atoms with van der Waals surface area (Å²) in [6.07, 6.45) is 2.23. The number of carbonyl (C=O) groups excluding carboxylic acids is 1. The monoisotopic (exact) mass is 399 g/mol. The summed E-state index contributed by atoms with van der Waals surface area (Å²) in [5.74, 6) is 1.22. The molecule has 8 nitrogen and oxygen atoms in total. The van der Waals surface area contributed by atoms with Crippen LogP contribution in [-0.2, 0) is 14.8 Å². The number of amides is 1. The smallest absolute Gasteiger partial charge is 0.240 e. The number of piperidine rings is 1. The van der Waals surface area contributed by atoms with Crippen LogP contribution < -0.4 is 19.5 Å². The van der Waals surface area contributed by atoms with Crippen LogP contribution in [0.2, 0.25) is 0 Å². The van der Waals surface area contributed by atoms with Crippen molar-refractivity contribution in [2.24, 2.45) is 5.92 Å². The van der Waals surface area contributed by atoms with Crippen LogP contribution in [0.4, 0.5) is 0 Å². The van der Waals surface area contributed by atoms with Gasteiger partial charge >= 0.3 is 0 Å². The molecule has 1 unspecified atom stereocenters.